The molecule has 1 N–H and O–H groups in total. The summed E-state index contributed by atoms with van der Waals surface area (Å²) >= 11 is 0. The standard InChI is InChI=1S/C20H24N2O3/c1-14-5-6-15(2)19(12-14)25-16-7-10-22(11-8-16)13-18-17(20(23)24)4-3-9-21-18/h3-6,9,12,16H,7-8,10-11,13H2,1-2H3,(H,23,24). The monoisotopic (exact) mass is 340 g/mol. The number of aryl methyl sites for hydroxylation is 2. The number of likely N-dealkylation sites (tertiary alicyclic amines) is 1. The molecule has 2 aromatic rings. The molecule has 2 heterocycles. The molecule has 0 amide bonds. The zero-order valence-electron chi connectivity index (χ0n) is 14.7. The van der Waals surface area contributed by atoms with E-state index in [0.29, 0.717) is 12.2 Å². The highest BCUT2D eigenvalue weighted by Gasteiger charge is 2.23. The van der Waals surface area contributed by atoms with Crippen molar-refractivity contribution in [2.45, 2.75) is 39.3 Å². The SMILES string of the molecule is Cc1ccc(C)c(OC2CCN(Cc3ncccc3C(=O)O)CC2)c1. The van der Waals surface area contributed by atoms with Crippen molar-refractivity contribution < 1.29 is 14.6 Å². The van der Waals surface area contributed by atoms with Gasteiger partial charge in [0.2, 0.25) is 0 Å². The lowest BCUT2D eigenvalue weighted by Crippen LogP contribution is -2.38. The molecule has 1 aliphatic heterocycles. The van der Waals surface area contributed by atoms with Gasteiger partial charge in [0.15, 0.2) is 0 Å². The van der Waals surface area contributed by atoms with Crippen molar-refractivity contribution in [3.05, 3.63) is 58.9 Å². The smallest absolute Gasteiger partial charge is 0.337 e. The van der Waals surface area contributed by atoms with Crippen LogP contribution >= 0.6 is 0 Å². The van der Waals surface area contributed by atoms with Gasteiger partial charge >= 0.3 is 5.97 Å². The van der Waals surface area contributed by atoms with Gasteiger partial charge in [-0.2, -0.15) is 0 Å². The fourth-order valence-corrected chi connectivity index (χ4v) is 3.17. The Kier molecular flexibility index (Phi) is 5.34. The first-order chi connectivity index (χ1) is 12.0. The van der Waals surface area contributed by atoms with Gasteiger partial charge in [0, 0.05) is 25.8 Å². The molecule has 5 heteroatoms. The fraction of sp³-hybridized carbons (Fsp3) is 0.400. The number of carbonyl (C=O) groups is 1. The highest BCUT2D eigenvalue weighted by molar-refractivity contribution is 5.88. The second-order valence-corrected chi connectivity index (χ2v) is 6.67. The molecule has 1 fully saturated rings. The summed E-state index contributed by atoms with van der Waals surface area (Å²) in [4.78, 5) is 17.8. The van der Waals surface area contributed by atoms with Crippen LogP contribution in [0.5, 0.6) is 5.75 Å². The Hall–Kier alpha value is -2.40. The molecular formula is C20H24N2O3. The van der Waals surface area contributed by atoms with E-state index < -0.39 is 5.97 Å². The first kappa shape index (κ1) is 17.4. The second kappa shape index (κ2) is 7.66. The maximum atomic E-state index is 11.3. The third-order valence-corrected chi connectivity index (χ3v) is 4.67. The van der Waals surface area contributed by atoms with Gasteiger partial charge in [-0.25, -0.2) is 4.79 Å². The average Bonchev–Trinajstić information content (AvgIpc) is 2.60. The zero-order valence-corrected chi connectivity index (χ0v) is 14.7. The number of nitrogens with zero attached hydrogens (tertiary/aromatic N) is 2. The van der Waals surface area contributed by atoms with Crippen LogP contribution in [0.15, 0.2) is 36.5 Å². The number of pyridine rings is 1. The van der Waals surface area contributed by atoms with E-state index in [9.17, 15) is 9.90 Å². The molecule has 0 unspecified atom stereocenters. The predicted octanol–water partition coefficient (Wildman–Crippen LogP) is 3.44. The van der Waals surface area contributed by atoms with Crippen LogP contribution in [0.1, 0.15) is 40.0 Å². The molecule has 0 aliphatic carbocycles. The zero-order chi connectivity index (χ0) is 17.8. The molecule has 5 nitrogen and oxygen atoms in total. The van der Waals surface area contributed by atoms with Crippen LogP contribution < -0.4 is 4.74 Å². The second-order valence-electron chi connectivity index (χ2n) is 6.67. The first-order valence-electron chi connectivity index (χ1n) is 8.66. The number of piperidine rings is 1. The van der Waals surface area contributed by atoms with E-state index >= 15 is 0 Å². The van der Waals surface area contributed by atoms with E-state index in [1.54, 1.807) is 18.3 Å². The van der Waals surface area contributed by atoms with Crippen molar-refractivity contribution in [2.24, 2.45) is 0 Å². The number of benzene rings is 1. The van der Waals surface area contributed by atoms with Gasteiger partial charge in [0.1, 0.15) is 11.9 Å². The van der Waals surface area contributed by atoms with E-state index in [2.05, 4.69) is 41.9 Å². The van der Waals surface area contributed by atoms with E-state index in [4.69, 9.17) is 4.74 Å². The minimum atomic E-state index is -0.920. The summed E-state index contributed by atoms with van der Waals surface area (Å²) in [5.74, 6) is 0.0487. The van der Waals surface area contributed by atoms with Crippen LogP contribution in [0, 0.1) is 13.8 Å². The summed E-state index contributed by atoms with van der Waals surface area (Å²) in [7, 11) is 0. The molecule has 0 bridgehead atoms. The molecule has 0 radical (unpaired) electrons. The van der Waals surface area contributed by atoms with Gasteiger partial charge in [0.25, 0.3) is 0 Å². The molecular weight excluding hydrogens is 316 g/mol. The molecule has 1 saturated heterocycles. The van der Waals surface area contributed by atoms with Crippen molar-refractivity contribution in [2.75, 3.05) is 13.1 Å². The Balaban J connectivity index is 1.57. The largest absolute Gasteiger partial charge is 0.490 e. The summed E-state index contributed by atoms with van der Waals surface area (Å²) in [5, 5.41) is 9.27. The maximum absolute atomic E-state index is 11.3. The number of rotatable bonds is 5. The number of aromatic nitrogens is 1. The van der Waals surface area contributed by atoms with Crippen LogP contribution in [-0.2, 0) is 6.54 Å². The summed E-state index contributed by atoms with van der Waals surface area (Å²) in [5.41, 5.74) is 3.28. The molecule has 1 aromatic carbocycles. The van der Waals surface area contributed by atoms with Crippen molar-refractivity contribution in [1.29, 1.82) is 0 Å². The van der Waals surface area contributed by atoms with E-state index in [1.807, 2.05) is 0 Å². The van der Waals surface area contributed by atoms with Crippen LogP contribution in [0.2, 0.25) is 0 Å². The average molecular weight is 340 g/mol. The van der Waals surface area contributed by atoms with Crippen molar-refractivity contribution in [1.82, 2.24) is 9.88 Å². The van der Waals surface area contributed by atoms with Crippen LogP contribution in [0.4, 0.5) is 0 Å². The van der Waals surface area contributed by atoms with Gasteiger partial charge in [-0.15, -0.1) is 0 Å². The third kappa shape index (κ3) is 4.37. The van der Waals surface area contributed by atoms with Gasteiger partial charge in [-0.1, -0.05) is 12.1 Å². The van der Waals surface area contributed by atoms with Crippen molar-refractivity contribution in [3.8, 4) is 5.75 Å². The number of carboxylic acid groups (broad SMARTS) is 1. The molecule has 0 saturated carbocycles. The fourth-order valence-electron chi connectivity index (χ4n) is 3.17. The quantitative estimate of drug-likeness (QED) is 0.903. The van der Waals surface area contributed by atoms with Crippen molar-refractivity contribution in [3.63, 3.8) is 0 Å². The van der Waals surface area contributed by atoms with Gasteiger partial charge in [-0.05, 0) is 56.0 Å². The molecule has 0 spiro atoms. The summed E-state index contributed by atoms with van der Waals surface area (Å²) in [6.45, 7) is 6.47. The normalized spacial score (nSPS) is 15.9. The summed E-state index contributed by atoms with van der Waals surface area (Å²) in [6, 6.07) is 9.55. The highest BCUT2D eigenvalue weighted by atomic mass is 16.5. The number of aromatic carboxylic acids is 1. The lowest BCUT2D eigenvalue weighted by Gasteiger charge is -2.32. The molecule has 25 heavy (non-hydrogen) atoms. The highest BCUT2D eigenvalue weighted by Crippen LogP contribution is 2.24. The Bertz CT molecular complexity index is 752. The minimum absolute atomic E-state index is 0.208. The third-order valence-electron chi connectivity index (χ3n) is 4.67. The lowest BCUT2D eigenvalue weighted by atomic mass is 10.1. The molecule has 1 aromatic heterocycles. The number of ether oxygens (including phenoxy) is 1. The van der Waals surface area contributed by atoms with Gasteiger partial charge in [-0.3, -0.25) is 9.88 Å². The van der Waals surface area contributed by atoms with Gasteiger partial charge < -0.3 is 9.84 Å². The summed E-state index contributed by atoms with van der Waals surface area (Å²) < 4.78 is 6.19. The number of carboxylic acids is 1. The topological polar surface area (TPSA) is 62.7 Å². The number of hydrogen-bond acceptors (Lipinski definition) is 4. The summed E-state index contributed by atoms with van der Waals surface area (Å²) in [6.07, 6.45) is 3.73. The number of hydrogen-bond donors (Lipinski definition) is 1. The first-order valence-corrected chi connectivity index (χ1v) is 8.66. The maximum Gasteiger partial charge on any atom is 0.337 e. The van der Waals surface area contributed by atoms with E-state index in [1.165, 1.54) is 5.56 Å². The van der Waals surface area contributed by atoms with Crippen LogP contribution in [0.3, 0.4) is 0 Å². The van der Waals surface area contributed by atoms with Crippen molar-refractivity contribution >= 4 is 5.97 Å². The van der Waals surface area contributed by atoms with E-state index in [0.717, 1.165) is 37.2 Å². The van der Waals surface area contributed by atoms with Gasteiger partial charge in [0.05, 0.1) is 11.3 Å². The Morgan fingerprint density at radius 2 is 2.04 bits per heavy atom. The van der Waals surface area contributed by atoms with Crippen LogP contribution in [-0.4, -0.2) is 40.2 Å². The molecule has 132 valence electrons. The predicted molar refractivity (Wildman–Crippen MR) is 96.0 cm³/mol. The minimum Gasteiger partial charge on any atom is -0.490 e. The molecule has 0 atom stereocenters. The molecule has 3 rings (SSSR count). The molecule has 1 aliphatic rings. The Labute approximate surface area is 148 Å². The van der Waals surface area contributed by atoms with E-state index in [-0.39, 0.29) is 11.7 Å². The Morgan fingerprint density at radius 1 is 1.28 bits per heavy atom. The lowest BCUT2D eigenvalue weighted by molar-refractivity contribution is 0.0689. The van der Waals surface area contributed by atoms with Crippen LogP contribution in [0.25, 0.3) is 0 Å². The Morgan fingerprint density at radius 3 is 2.76 bits per heavy atom.